The molecule has 0 fully saturated rings. The van der Waals surface area contributed by atoms with Gasteiger partial charge in [0.2, 0.25) is 11.8 Å². The molecular weight excluding hydrogens is 650 g/mol. The molecule has 3 aromatic rings. The van der Waals surface area contributed by atoms with Crippen molar-refractivity contribution in [3.8, 4) is 0 Å². The van der Waals surface area contributed by atoms with Crippen LogP contribution >= 0.6 is 0 Å². The molecule has 3 amide bonds. The summed E-state index contributed by atoms with van der Waals surface area (Å²) in [6.07, 6.45) is 2.98. The van der Waals surface area contributed by atoms with Crippen LogP contribution in [0.2, 0.25) is 0 Å². The summed E-state index contributed by atoms with van der Waals surface area (Å²) >= 11 is 0. The van der Waals surface area contributed by atoms with Crippen LogP contribution in [0.25, 0.3) is 0 Å². The summed E-state index contributed by atoms with van der Waals surface area (Å²) < 4.78 is 16.8. The number of aliphatic hydroxyl groups is 1. The first-order valence-electron chi connectivity index (χ1n) is 17.1. The van der Waals surface area contributed by atoms with E-state index in [9.17, 15) is 24.3 Å². The lowest BCUT2D eigenvalue weighted by molar-refractivity contribution is -0.148. The molecule has 0 unspecified atom stereocenters. The van der Waals surface area contributed by atoms with Gasteiger partial charge >= 0.3 is 12.1 Å². The molecule has 0 saturated carbocycles. The first-order valence-corrected chi connectivity index (χ1v) is 17.1. The number of carbonyl (C=O) groups is 4. The third-order valence-corrected chi connectivity index (χ3v) is 8.52. The largest absolute Gasteiger partial charge is 0.462 e. The van der Waals surface area contributed by atoms with E-state index in [0.717, 1.165) is 22.3 Å². The summed E-state index contributed by atoms with van der Waals surface area (Å²) in [6.45, 7) is 7.61. The van der Waals surface area contributed by atoms with Crippen LogP contribution < -0.4 is 10.6 Å². The Labute approximate surface area is 299 Å². The number of nitrogens with zero attached hydrogens (tertiary/aromatic N) is 1. The number of alkyl carbamates (subject to hydrolysis) is 1. The Bertz CT molecular complexity index is 1600. The predicted octanol–water partition coefficient (Wildman–Crippen LogP) is 4.63. The lowest BCUT2D eigenvalue weighted by Crippen LogP contribution is -2.49. The van der Waals surface area contributed by atoms with E-state index in [1.165, 1.54) is 6.08 Å². The number of allylic oxidation sites excluding steroid dienone is 1. The number of amides is 3. The van der Waals surface area contributed by atoms with Gasteiger partial charge in [-0.2, -0.15) is 0 Å². The normalized spacial score (nSPS) is 15.3. The second-order valence-electron chi connectivity index (χ2n) is 12.4. The van der Waals surface area contributed by atoms with Gasteiger partial charge in [-0.05, 0) is 41.5 Å². The summed E-state index contributed by atoms with van der Waals surface area (Å²) in [6, 6.07) is 24.1. The van der Waals surface area contributed by atoms with E-state index in [-0.39, 0.29) is 58.2 Å². The third kappa shape index (κ3) is 12.2. The molecule has 1 aliphatic heterocycles. The molecule has 270 valence electrons. The topological polar surface area (TPSA) is 144 Å². The molecule has 0 aromatic heterocycles. The second-order valence-corrected chi connectivity index (χ2v) is 12.4. The Hall–Kier alpha value is -5.26. The van der Waals surface area contributed by atoms with Crippen molar-refractivity contribution in [3.63, 3.8) is 0 Å². The van der Waals surface area contributed by atoms with Gasteiger partial charge < -0.3 is 34.9 Å². The number of carbonyl (C=O) groups excluding carboxylic acids is 4. The summed E-state index contributed by atoms with van der Waals surface area (Å²) in [5.74, 6) is -2.21. The number of esters is 1. The van der Waals surface area contributed by atoms with E-state index in [0.29, 0.717) is 13.0 Å². The standard InChI is InChI=1S/C40H47N3O8/c1-3-13-32(22-37(45)43-23-33-20-12-11-19-31(33)21-35(43)24-44)38(46)41-34(27-49-25-29-15-7-5-8-16-29)28-50-39(47)36(14-4-2)42-40(48)51-26-30-17-9-6-10-18-30/h3-12,15-20,32,34-36,44H,1-2,13-14,21-28H2,(H,41,46)(H,42,48)/t32-,34-,35-,36+/m0/s1. The molecule has 0 saturated heterocycles. The SMILES string of the molecule is C=CC[C@@H](CC(=O)N1Cc2ccccc2C[C@H]1CO)C(=O)N[C@@H](COCc1ccccc1)COC(=O)[C@@H](CC=C)NC(=O)OCc1ccccc1. The molecule has 51 heavy (non-hydrogen) atoms. The minimum Gasteiger partial charge on any atom is -0.462 e. The lowest BCUT2D eigenvalue weighted by Gasteiger charge is -2.36. The molecule has 4 atom stereocenters. The van der Waals surface area contributed by atoms with Crippen molar-refractivity contribution in [2.24, 2.45) is 5.92 Å². The molecule has 0 aliphatic carbocycles. The van der Waals surface area contributed by atoms with Crippen LogP contribution in [0.5, 0.6) is 0 Å². The molecule has 0 spiro atoms. The van der Waals surface area contributed by atoms with E-state index < -0.39 is 42.0 Å². The van der Waals surface area contributed by atoms with Crippen molar-refractivity contribution >= 4 is 23.9 Å². The Balaban J connectivity index is 1.39. The van der Waals surface area contributed by atoms with Gasteiger partial charge in [-0.3, -0.25) is 9.59 Å². The smallest absolute Gasteiger partial charge is 0.408 e. The number of fused-ring (bicyclic) bond motifs is 1. The van der Waals surface area contributed by atoms with E-state index >= 15 is 0 Å². The highest BCUT2D eigenvalue weighted by Crippen LogP contribution is 2.25. The zero-order chi connectivity index (χ0) is 36.4. The Morgan fingerprint density at radius 2 is 1.43 bits per heavy atom. The maximum Gasteiger partial charge on any atom is 0.408 e. The quantitative estimate of drug-likeness (QED) is 0.122. The first kappa shape index (κ1) is 38.5. The number of ether oxygens (including phenoxy) is 3. The van der Waals surface area contributed by atoms with Gasteiger partial charge in [0.1, 0.15) is 19.3 Å². The molecular formula is C40H47N3O8. The Morgan fingerprint density at radius 1 is 0.804 bits per heavy atom. The minimum atomic E-state index is -1.08. The summed E-state index contributed by atoms with van der Waals surface area (Å²) in [5, 5.41) is 15.5. The second kappa shape index (κ2) is 20.4. The highest BCUT2D eigenvalue weighted by molar-refractivity contribution is 5.86. The Kier molecular flexibility index (Phi) is 15.4. The maximum atomic E-state index is 13.7. The molecule has 0 bridgehead atoms. The van der Waals surface area contributed by atoms with Crippen LogP contribution in [-0.4, -0.2) is 71.8 Å². The van der Waals surface area contributed by atoms with Crippen LogP contribution in [0, 0.1) is 5.92 Å². The van der Waals surface area contributed by atoms with Gasteiger partial charge in [-0.1, -0.05) is 97.1 Å². The summed E-state index contributed by atoms with van der Waals surface area (Å²) in [7, 11) is 0. The number of aliphatic hydroxyl groups excluding tert-OH is 1. The van der Waals surface area contributed by atoms with Crippen molar-refractivity contribution in [2.75, 3.05) is 19.8 Å². The zero-order valence-electron chi connectivity index (χ0n) is 28.8. The van der Waals surface area contributed by atoms with Crippen LogP contribution in [0.15, 0.2) is 110 Å². The third-order valence-electron chi connectivity index (χ3n) is 8.52. The molecule has 4 rings (SSSR count). The van der Waals surface area contributed by atoms with Gasteiger partial charge in [0, 0.05) is 13.0 Å². The predicted molar refractivity (Wildman–Crippen MR) is 192 cm³/mol. The van der Waals surface area contributed by atoms with Crippen molar-refractivity contribution in [1.29, 1.82) is 0 Å². The number of nitrogens with one attached hydrogen (secondary N) is 2. The minimum absolute atomic E-state index is 0.00314. The fraction of sp³-hybridized carbons (Fsp3) is 0.350. The van der Waals surface area contributed by atoms with Crippen LogP contribution in [0.3, 0.4) is 0 Å². The van der Waals surface area contributed by atoms with Crippen molar-refractivity contribution in [1.82, 2.24) is 15.5 Å². The van der Waals surface area contributed by atoms with Gasteiger partial charge in [-0.15, -0.1) is 13.2 Å². The highest BCUT2D eigenvalue weighted by atomic mass is 16.6. The Morgan fingerprint density at radius 3 is 2.08 bits per heavy atom. The van der Waals surface area contributed by atoms with Gasteiger partial charge in [-0.25, -0.2) is 9.59 Å². The number of hydrogen-bond donors (Lipinski definition) is 3. The fourth-order valence-electron chi connectivity index (χ4n) is 5.77. The van der Waals surface area contributed by atoms with Crippen molar-refractivity contribution in [2.45, 2.75) is 63.6 Å². The van der Waals surface area contributed by atoms with Gasteiger partial charge in [0.05, 0.1) is 37.8 Å². The monoisotopic (exact) mass is 697 g/mol. The molecule has 11 nitrogen and oxygen atoms in total. The average Bonchev–Trinajstić information content (AvgIpc) is 3.15. The first-order chi connectivity index (χ1) is 24.8. The molecule has 1 aliphatic rings. The zero-order valence-corrected chi connectivity index (χ0v) is 28.8. The number of hydrogen-bond acceptors (Lipinski definition) is 8. The van der Waals surface area contributed by atoms with E-state index in [2.05, 4.69) is 23.8 Å². The fourth-order valence-corrected chi connectivity index (χ4v) is 5.77. The van der Waals surface area contributed by atoms with Crippen LogP contribution in [-0.2, 0) is 54.8 Å². The molecule has 0 radical (unpaired) electrons. The van der Waals surface area contributed by atoms with E-state index in [4.69, 9.17) is 14.2 Å². The maximum absolute atomic E-state index is 13.7. The molecule has 3 N–H and O–H groups in total. The molecule has 1 heterocycles. The van der Waals surface area contributed by atoms with Crippen LogP contribution in [0.4, 0.5) is 4.79 Å². The van der Waals surface area contributed by atoms with Crippen molar-refractivity contribution in [3.05, 3.63) is 132 Å². The molecule has 3 aromatic carbocycles. The van der Waals surface area contributed by atoms with E-state index in [1.807, 2.05) is 84.9 Å². The summed E-state index contributed by atoms with van der Waals surface area (Å²) in [4.78, 5) is 54.6. The van der Waals surface area contributed by atoms with Gasteiger partial charge in [0.25, 0.3) is 0 Å². The van der Waals surface area contributed by atoms with Crippen molar-refractivity contribution < 1.29 is 38.5 Å². The van der Waals surface area contributed by atoms with E-state index in [1.54, 1.807) is 11.0 Å². The average molecular weight is 698 g/mol. The molecule has 11 heteroatoms. The number of rotatable bonds is 19. The van der Waals surface area contributed by atoms with Gasteiger partial charge in [0.15, 0.2) is 0 Å². The lowest BCUT2D eigenvalue weighted by atomic mass is 9.92. The number of benzene rings is 3. The highest BCUT2D eigenvalue weighted by Gasteiger charge is 2.33. The summed E-state index contributed by atoms with van der Waals surface area (Å²) in [5.41, 5.74) is 3.80. The van der Waals surface area contributed by atoms with Crippen LogP contribution in [0.1, 0.15) is 41.5 Å².